The first-order chi connectivity index (χ1) is 8.43. The molecule has 2 heterocycles. The van der Waals surface area contributed by atoms with Gasteiger partial charge in [-0.3, -0.25) is 0 Å². The number of anilines is 1. The van der Waals surface area contributed by atoms with Gasteiger partial charge in [-0.05, 0) is 5.56 Å². The van der Waals surface area contributed by atoms with Crippen LogP contribution in [0, 0.1) is 0 Å². The van der Waals surface area contributed by atoms with Gasteiger partial charge in [0.15, 0.2) is 11.5 Å². The molecule has 0 aliphatic carbocycles. The number of rotatable bonds is 3. The maximum absolute atomic E-state index is 4.20. The van der Waals surface area contributed by atoms with E-state index in [0.717, 1.165) is 17.9 Å². The molecule has 3 rings (SSSR count). The van der Waals surface area contributed by atoms with E-state index >= 15 is 0 Å². The zero-order valence-corrected chi connectivity index (χ0v) is 12.1. The largest absolute Gasteiger partial charge is 0.364 e. The fourth-order valence-electron chi connectivity index (χ4n) is 1.68. The zero-order chi connectivity index (χ0) is 11.5. The van der Waals surface area contributed by atoms with Gasteiger partial charge in [0, 0.05) is 36.1 Å². The maximum atomic E-state index is 4.20. The van der Waals surface area contributed by atoms with Crippen molar-refractivity contribution in [3.05, 3.63) is 48.5 Å². The molecule has 1 radical (unpaired) electrons. The molecule has 0 spiro atoms. The Bertz CT molecular complexity index is 622. The second-order valence-electron chi connectivity index (χ2n) is 3.66. The molecule has 2 N–H and O–H groups in total. The van der Waals surface area contributed by atoms with Crippen molar-refractivity contribution in [1.29, 1.82) is 0 Å². The minimum atomic E-state index is 0. The first kappa shape index (κ1) is 13.0. The molecule has 5 nitrogen and oxygen atoms in total. The van der Waals surface area contributed by atoms with E-state index in [4.69, 9.17) is 0 Å². The fourth-order valence-corrected chi connectivity index (χ4v) is 1.68. The number of hydrogen-bond acceptors (Lipinski definition) is 4. The molecular weight excluding hydrogens is 237 g/mol. The van der Waals surface area contributed by atoms with E-state index in [0.29, 0.717) is 5.65 Å². The van der Waals surface area contributed by atoms with Gasteiger partial charge in [-0.25, -0.2) is 15.0 Å². The number of nitrogens with one attached hydrogen (secondary N) is 2. The number of aromatic amines is 1. The van der Waals surface area contributed by atoms with Crippen LogP contribution >= 0.6 is 0 Å². The molecule has 6 heteroatoms. The maximum Gasteiger partial charge on any atom is 0.182 e. The molecule has 0 saturated carbocycles. The summed E-state index contributed by atoms with van der Waals surface area (Å²) in [6.07, 6.45) is 3.13. The number of hydrogen-bond donors (Lipinski definition) is 2. The van der Waals surface area contributed by atoms with Crippen molar-refractivity contribution >= 4 is 46.5 Å². The van der Waals surface area contributed by atoms with Gasteiger partial charge in [-0.2, -0.15) is 0 Å². The molecule has 0 atom stereocenters. The van der Waals surface area contributed by atoms with Crippen LogP contribution in [0.5, 0.6) is 0 Å². The molecule has 2 aromatic heterocycles. The minimum Gasteiger partial charge on any atom is -0.364 e. The Kier molecular flexibility index (Phi) is 4.30. The zero-order valence-electron chi connectivity index (χ0n) is 10.1. The molecule has 0 aliphatic heterocycles. The molecule has 0 fully saturated rings. The molecular formula is C12H11N5Na. The van der Waals surface area contributed by atoms with Crippen LogP contribution in [0.2, 0.25) is 0 Å². The van der Waals surface area contributed by atoms with Gasteiger partial charge < -0.3 is 10.3 Å². The minimum absolute atomic E-state index is 0. The summed E-state index contributed by atoms with van der Waals surface area (Å²) in [4.78, 5) is 15.4. The molecule has 0 amide bonds. The summed E-state index contributed by atoms with van der Waals surface area (Å²) in [5, 5.41) is 3.27. The van der Waals surface area contributed by atoms with Crippen LogP contribution in [0.25, 0.3) is 11.2 Å². The number of imidazole rings is 1. The Morgan fingerprint density at radius 3 is 2.72 bits per heavy atom. The van der Waals surface area contributed by atoms with Gasteiger partial charge in [-0.15, -0.1) is 0 Å². The molecule has 0 aliphatic rings. The number of nitrogens with zero attached hydrogens (tertiary/aromatic N) is 3. The van der Waals surface area contributed by atoms with E-state index in [-0.39, 0.29) is 29.6 Å². The fraction of sp³-hybridized carbons (Fsp3) is 0.0833. The quantitative estimate of drug-likeness (QED) is 0.691. The van der Waals surface area contributed by atoms with Gasteiger partial charge in [0.25, 0.3) is 0 Å². The monoisotopic (exact) mass is 248 g/mol. The van der Waals surface area contributed by atoms with E-state index in [1.54, 1.807) is 6.33 Å². The van der Waals surface area contributed by atoms with Crippen molar-refractivity contribution in [1.82, 2.24) is 19.9 Å². The Balaban J connectivity index is 0.00000120. The second-order valence-corrected chi connectivity index (χ2v) is 3.66. The van der Waals surface area contributed by atoms with Crippen molar-refractivity contribution in [3.63, 3.8) is 0 Å². The third-order valence-electron chi connectivity index (χ3n) is 2.53. The third-order valence-corrected chi connectivity index (χ3v) is 2.53. The van der Waals surface area contributed by atoms with Crippen LogP contribution in [-0.2, 0) is 6.54 Å². The molecule has 0 bridgehead atoms. The molecule has 3 aromatic rings. The molecule has 0 saturated heterocycles. The van der Waals surface area contributed by atoms with Gasteiger partial charge in [0.2, 0.25) is 0 Å². The van der Waals surface area contributed by atoms with E-state index in [2.05, 4.69) is 37.4 Å². The Labute approximate surface area is 126 Å². The van der Waals surface area contributed by atoms with Crippen molar-refractivity contribution in [2.75, 3.05) is 5.32 Å². The predicted octanol–water partition coefficient (Wildman–Crippen LogP) is 1.58. The van der Waals surface area contributed by atoms with Crippen LogP contribution < -0.4 is 5.32 Å². The Hall–Kier alpha value is -1.43. The van der Waals surface area contributed by atoms with Crippen molar-refractivity contribution in [3.8, 4) is 0 Å². The molecule has 85 valence electrons. The standard InChI is InChI=1S/C12H11N5.Na/c1-2-4-9(5-3-1)6-13-11-10-12(15-7-14-10)17-8-16-11;/h1-5,7-8H,6H2,(H2,13,14,15,16,17);. The van der Waals surface area contributed by atoms with Crippen LogP contribution in [-0.4, -0.2) is 49.5 Å². The third kappa shape index (κ3) is 2.69. The van der Waals surface area contributed by atoms with E-state index in [9.17, 15) is 0 Å². The molecule has 0 unspecified atom stereocenters. The van der Waals surface area contributed by atoms with Crippen molar-refractivity contribution in [2.45, 2.75) is 6.54 Å². The number of fused-ring (bicyclic) bond motifs is 1. The summed E-state index contributed by atoms with van der Waals surface area (Å²) in [7, 11) is 0. The summed E-state index contributed by atoms with van der Waals surface area (Å²) in [6.45, 7) is 0.728. The smallest absolute Gasteiger partial charge is 0.182 e. The summed E-state index contributed by atoms with van der Waals surface area (Å²) >= 11 is 0. The van der Waals surface area contributed by atoms with Crippen molar-refractivity contribution in [2.24, 2.45) is 0 Å². The molecule has 1 aromatic carbocycles. The van der Waals surface area contributed by atoms with Gasteiger partial charge in [0.1, 0.15) is 11.8 Å². The first-order valence-electron chi connectivity index (χ1n) is 5.35. The van der Waals surface area contributed by atoms with Gasteiger partial charge >= 0.3 is 0 Å². The summed E-state index contributed by atoms with van der Waals surface area (Å²) in [6, 6.07) is 10.2. The van der Waals surface area contributed by atoms with Crippen LogP contribution in [0.3, 0.4) is 0 Å². The topological polar surface area (TPSA) is 66.5 Å². The molecule has 18 heavy (non-hydrogen) atoms. The number of H-pyrrole nitrogens is 1. The first-order valence-corrected chi connectivity index (χ1v) is 5.35. The van der Waals surface area contributed by atoms with Gasteiger partial charge in [0.05, 0.1) is 6.33 Å². The van der Waals surface area contributed by atoms with Gasteiger partial charge in [-0.1, -0.05) is 30.3 Å². The number of aromatic nitrogens is 4. The average Bonchev–Trinajstić information content (AvgIpc) is 2.86. The van der Waals surface area contributed by atoms with Crippen LogP contribution in [0.15, 0.2) is 43.0 Å². The van der Waals surface area contributed by atoms with Crippen LogP contribution in [0.1, 0.15) is 5.56 Å². The Morgan fingerprint density at radius 2 is 1.89 bits per heavy atom. The predicted molar refractivity (Wildman–Crippen MR) is 71.2 cm³/mol. The normalized spacial score (nSPS) is 10.0. The summed E-state index contributed by atoms with van der Waals surface area (Å²) < 4.78 is 0. The summed E-state index contributed by atoms with van der Waals surface area (Å²) in [5.74, 6) is 0.774. The summed E-state index contributed by atoms with van der Waals surface area (Å²) in [5.41, 5.74) is 2.72. The van der Waals surface area contributed by atoms with E-state index in [1.165, 1.54) is 11.9 Å². The van der Waals surface area contributed by atoms with E-state index in [1.807, 2.05) is 18.2 Å². The SMILES string of the molecule is [Na].c1ccc(CNc2ncnc3nc[nH]c23)cc1. The number of benzene rings is 1. The average molecular weight is 248 g/mol. The Morgan fingerprint density at radius 1 is 1.06 bits per heavy atom. The van der Waals surface area contributed by atoms with E-state index < -0.39 is 0 Å². The van der Waals surface area contributed by atoms with Crippen molar-refractivity contribution < 1.29 is 0 Å². The van der Waals surface area contributed by atoms with Crippen LogP contribution in [0.4, 0.5) is 5.82 Å². The second kappa shape index (κ2) is 5.95.